The third-order valence-corrected chi connectivity index (χ3v) is 5.32. The summed E-state index contributed by atoms with van der Waals surface area (Å²) < 4.78 is 33.3. The summed E-state index contributed by atoms with van der Waals surface area (Å²) in [6.07, 6.45) is 1.38. The van der Waals surface area contributed by atoms with E-state index in [1.165, 1.54) is 24.4 Å². The summed E-state index contributed by atoms with van der Waals surface area (Å²) in [5, 5.41) is 14.7. The van der Waals surface area contributed by atoms with Crippen LogP contribution in [0.4, 0.5) is 5.69 Å². The maximum absolute atomic E-state index is 12.0. The predicted octanol–water partition coefficient (Wildman–Crippen LogP) is 2.93. The summed E-state index contributed by atoms with van der Waals surface area (Å²) in [7, 11) is -3.71. The second-order valence-electron chi connectivity index (χ2n) is 5.79. The molecule has 0 amide bonds. The van der Waals surface area contributed by atoms with E-state index in [0.29, 0.717) is 22.6 Å². The molecule has 1 N–H and O–H groups in total. The van der Waals surface area contributed by atoms with Crippen LogP contribution in [0.5, 0.6) is 0 Å². The van der Waals surface area contributed by atoms with Crippen LogP contribution in [0, 0.1) is 10.1 Å². The third-order valence-electron chi connectivity index (χ3n) is 3.98. The van der Waals surface area contributed by atoms with Gasteiger partial charge in [0.25, 0.3) is 15.7 Å². The number of nitro benzene ring substituents is 1. The van der Waals surface area contributed by atoms with Crippen LogP contribution < -0.4 is 5.43 Å². The summed E-state index contributed by atoms with van der Waals surface area (Å²) >= 11 is 0. The number of hydrogen-bond donors (Lipinski definition) is 1. The van der Waals surface area contributed by atoms with Crippen LogP contribution in [0.2, 0.25) is 0 Å². The number of nitrogens with one attached hydrogen (secondary N) is 1. The average Bonchev–Trinajstić information content (AvgIpc) is 3.25. The number of sulfonamides is 1. The van der Waals surface area contributed by atoms with Crippen LogP contribution in [-0.4, -0.2) is 25.4 Å². The smallest absolute Gasteiger partial charge is 0.285 e. The molecule has 0 unspecified atom stereocenters. The fourth-order valence-electron chi connectivity index (χ4n) is 2.67. The molecule has 0 atom stereocenters. The molecule has 1 aromatic heterocycles. The zero-order valence-corrected chi connectivity index (χ0v) is 15.0. The molecule has 4 rings (SSSR count). The van der Waals surface area contributed by atoms with Crippen LogP contribution in [-0.2, 0) is 10.0 Å². The zero-order valence-electron chi connectivity index (χ0n) is 14.1. The molecule has 0 spiro atoms. The van der Waals surface area contributed by atoms with Gasteiger partial charge in [-0.15, -0.1) is 4.40 Å². The lowest BCUT2D eigenvalue weighted by atomic mass is 10.1. The summed E-state index contributed by atoms with van der Waals surface area (Å²) in [5.41, 5.74) is 3.74. The zero-order chi connectivity index (χ0) is 19.7. The molecule has 1 aliphatic heterocycles. The van der Waals surface area contributed by atoms with Crippen molar-refractivity contribution < 1.29 is 17.8 Å². The maximum atomic E-state index is 12.0. The maximum Gasteiger partial charge on any atom is 0.285 e. The highest BCUT2D eigenvalue weighted by molar-refractivity contribution is 7.90. The Balaban J connectivity index is 1.49. The van der Waals surface area contributed by atoms with Crippen molar-refractivity contribution in [3.8, 4) is 11.3 Å². The Morgan fingerprint density at radius 2 is 1.82 bits per heavy atom. The van der Waals surface area contributed by atoms with Gasteiger partial charge in [0, 0.05) is 23.3 Å². The second kappa shape index (κ2) is 6.74. The Kier molecular flexibility index (Phi) is 4.24. The first-order chi connectivity index (χ1) is 13.4. The number of benzene rings is 2. The number of hydrazone groups is 1. The molecule has 10 heteroatoms. The molecule has 3 aromatic rings. The topological polar surface area (TPSA) is 127 Å². The normalized spacial score (nSPS) is 14.6. The number of non-ortho nitro benzene ring substituents is 1. The molecule has 2 aromatic carbocycles. The number of nitro groups is 1. The van der Waals surface area contributed by atoms with Crippen LogP contribution in [0.1, 0.15) is 11.3 Å². The minimum Gasteiger partial charge on any atom is -0.455 e. The first kappa shape index (κ1) is 17.6. The molecule has 28 heavy (non-hydrogen) atoms. The lowest BCUT2D eigenvalue weighted by Gasteiger charge is -1.99. The van der Waals surface area contributed by atoms with Crippen molar-refractivity contribution in [3.05, 3.63) is 82.1 Å². The lowest BCUT2D eigenvalue weighted by molar-refractivity contribution is -0.384. The molecule has 140 valence electrons. The van der Waals surface area contributed by atoms with E-state index in [-0.39, 0.29) is 16.4 Å². The van der Waals surface area contributed by atoms with E-state index in [0.717, 1.165) is 0 Å². The van der Waals surface area contributed by atoms with Crippen LogP contribution in [0.25, 0.3) is 11.3 Å². The minimum absolute atomic E-state index is 0.00568. The molecular weight excluding hydrogens is 384 g/mol. The first-order valence-electron chi connectivity index (χ1n) is 8.02. The van der Waals surface area contributed by atoms with Crippen molar-refractivity contribution in [2.24, 2.45) is 9.50 Å². The van der Waals surface area contributed by atoms with E-state index in [1.54, 1.807) is 42.5 Å². The fraction of sp³-hybridized carbons (Fsp3) is 0. The summed E-state index contributed by atoms with van der Waals surface area (Å²) in [6, 6.07) is 15.8. The van der Waals surface area contributed by atoms with Crippen LogP contribution in [0.3, 0.4) is 0 Å². The number of fused-ring (bicyclic) bond motifs is 1. The highest BCUT2D eigenvalue weighted by atomic mass is 32.2. The summed E-state index contributed by atoms with van der Waals surface area (Å²) in [6.45, 7) is 0. The largest absolute Gasteiger partial charge is 0.455 e. The van der Waals surface area contributed by atoms with Crippen molar-refractivity contribution in [3.63, 3.8) is 0 Å². The van der Waals surface area contributed by atoms with Crippen LogP contribution in [0.15, 0.2) is 79.5 Å². The Hall–Kier alpha value is -3.79. The fourth-order valence-corrected chi connectivity index (χ4v) is 3.84. The Bertz CT molecular complexity index is 1230. The van der Waals surface area contributed by atoms with E-state index < -0.39 is 14.9 Å². The minimum atomic E-state index is -3.71. The van der Waals surface area contributed by atoms with Gasteiger partial charge >= 0.3 is 0 Å². The van der Waals surface area contributed by atoms with Gasteiger partial charge in [-0.3, -0.25) is 15.5 Å². The van der Waals surface area contributed by atoms with Crippen molar-refractivity contribution in [1.29, 1.82) is 0 Å². The molecular formula is C18H12N4O5S. The SMILES string of the molecule is O=[N+]([O-])c1ccc(-c2ccc(C=NNC3=NS(=O)(=O)c4ccccc43)o2)cc1. The van der Waals surface area contributed by atoms with E-state index in [4.69, 9.17) is 4.42 Å². The van der Waals surface area contributed by atoms with Gasteiger partial charge in [-0.1, -0.05) is 12.1 Å². The number of rotatable bonds is 4. The Labute approximate surface area is 159 Å². The summed E-state index contributed by atoms with van der Waals surface area (Å²) in [5.74, 6) is 1.06. The molecule has 0 fully saturated rings. The van der Waals surface area contributed by atoms with Crippen molar-refractivity contribution in [2.45, 2.75) is 4.90 Å². The van der Waals surface area contributed by atoms with E-state index in [9.17, 15) is 18.5 Å². The number of furan rings is 1. The van der Waals surface area contributed by atoms with Crippen molar-refractivity contribution in [1.82, 2.24) is 5.43 Å². The van der Waals surface area contributed by atoms with Crippen molar-refractivity contribution >= 4 is 27.8 Å². The van der Waals surface area contributed by atoms with Gasteiger partial charge in [0.05, 0.1) is 11.1 Å². The van der Waals surface area contributed by atoms with Gasteiger partial charge in [-0.25, -0.2) is 0 Å². The molecule has 0 saturated carbocycles. The number of nitrogens with zero attached hydrogens (tertiary/aromatic N) is 3. The van der Waals surface area contributed by atoms with Crippen LogP contribution >= 0.6 is 0 Å². The Morgan fingerprint density at radius 3 is 2.57 bits per heavy atom. The molecule has 0 bridgehead atoms. The molecule has 9 nitrogen and oxygen atoms in total. The first-order valence-corrected chi connectivity index (χ1v) is 9.46. The number of amidine groups is 1. The average molecular weight is 396 g/mol. The standard InChI is InChI=1S/C18H12N4O5S/c23-22(24)13-7-5-12(6-8-13)16-10-9-14(27-16)11-19-20-18-15-3-1-2-4-17(15)28(25,26)21-18/h1-11H,(H,20,21). The monoisotopic (exact) mass is 396 g/mol. The highest BCUT2D eigenvalue weighted by Gasteiger charge is 2.28. The van der Waals surface area contributed by atoms with Gasteiger partial charge in [0.1, 0.15) is 16.4 Å². The lowest BCUT2D eigenvalue weighted by Crippen LogP contribution is -2.17. The molecule has 0 radical (unpaired) electrons. The molecule has 0 aliphatic carbocycles. The predicted molar refractivity (Wildman–Crippen MR) is 102 cm³/mol. The molecule has 0 saturated heterocycles. The van der Waals surface area contributed by atoms with Gasteiger partial charge in [-0.05, 0) is 36.4 Å². The van der Waals surface area contributed by atoms with Gasteiger partial charge < -0.3 is 4.42 Å². The highest BCUT2D eigenvalue weighted by Crippen LogP contribution is 2.25. The third kappa shape index (κ3) is 3.28. The van der Waals surface area contributed by atoms with Gasteiger partial charge in [0.15, 0.2) is 5.84 Å². The van der Waals surface area contributed by atoms with Gasteiger partial charge in [-0.2, -0.15) is 13.5 Å². The van der Waals surface area contributed by atoms with E-state index >= 15 is 0 Å². The number of hydrogen-bond acceptors (Lipinski definition) is 7. The van der Waals surface area contributed by atoms with Crippen molar-refractivity contribution in [2.75, 3.05) is 0 Å². The molecule has 1 aliphatic rings. The molecule has 2 heterocycles. The van der Waals surface area contributed by atoms with E-state index in [2.05, 4.69) is 14.9 Å². The quantitative estimate of drug-likeness (QED) is 0.410. The Morgan fingerprint density at radius 1 is 1.07 bits per heavy atom. The summed E-state index contributed by atoms with van der Waals surface area (Å²) in [4.78, 5) is 10.4. The second-order valence-corrected chi connectivity index (χ2v) is 7.36. The van der Waals surface area contributed by atoms with E-state index in [1.807, 2.05) is 0 Å². The van der Waals surface area contributed by atoms with Gasteiger partial charge in [0.2, 0.25) is 0 Å².